The second kappa shape index (κ2) is 5.00. The van der Waals surface area contributed by atoms with Crippen LogP contribution in [-0.4, -0.2) is 5.91 Å². The summed E-state index contributed by atoms with van der Waals surface area (Å²) in [6.45, 7) is 1.82. The SMILES string of the molecule is CC(CCc1ccc2ccccc2c1)C([NH])=O. The van der Waals surface area contributed by atoms with Crippen molar-refractivity contribution in [3.63, 3.8) is 0 Å². The first-order valence-electron chi connectivity index (χ1n) is 5.90. The largest absolute Gasteiger partial charge is 0.273 e. The monoisotopic (exact) mass is 226 g/mol. The summed E-state index contributed by atoms with van der Waals surface area (Å²) in [5, 5.41) is 2.47. The van der Waals surface area contributed by atoms with Gasteiger partial charge in [-0.15, -0.1) is 0 Å². The third kappa shape index (κ3) is 2.84. The Balaban J connectivity index is 2.12. The number of carbonyl (C=O) groups is 1. The molecule has 0 bridgehead atoms. The summed E-state index contributed by atoms with van der Waals surface area (Å²) in [5.74, 6) is -0.632. The van der Waals surface area contributed by atoms with Crippen LogP contribution in [0.1, 0.15) is 18.9 Å². The van der Waals surface area contributed by atoms with Gasteiger partial charge < -0.3 is 0 Å². The molecule has 1 amide bonds. The lowest BCUT2D eigenvalue weighted by atomic mass is 9.98. The van der Waals surface area contributed by atoms with Crippen molar-refractivity contribution in [1.29, 1.82) is 0 Å². The van der Waals surface area contributed by atoms with Crippen LogP contribution in [0.5, 0.6) is 0 Å². The molecule has 0 fully saturated rings. The minimum atomic E-state index is -0.467. The van der Waals surface area contributed by atoms with E-state index in [1.807, 2.05) is 19.1 Å². The molecule has 2 heteroatoms. The summed E-state index contributed by atoms with van der Waals surface area (Å²) >= 11 is 0. The molecule has 2 aromatic rings. The molecular formula is C15H16NO. The molecule has 2 nitrogen and oxygen atoms in total. The van der Waals surface area contributed by atoms with Gasteiger partial charge in [0.15, 0.2) is 0 Å². The minimum absolute atomic E-state index is 0.165. The van der Waals surface area contributed by atoms with Gasteiger partial charge in [0.1, 0.15) is 0 Å². The van der Waals surface area contributed by atoms with Crippen molar-refractivity contribution in [3.8, 4) is 0 Å². The Hall–Kier alpha value is -1.83. The second-order valence-electron chi connectivity index (χ2n) is 4.49. The van der Waals surface area contributed by atoms with Crippen molar-refractivity contribution in [2.45, 2.75) is 19.8 Å². The molecule has 0 heterocycles. The summed E-state index contributed by atoms with van der Waals surface area (Å²) in [6.07, 6.45) is 1.61. The third-order valence-corrected chi connectivity index (χ3v) is 3.13. The van der Waals surface area contributed by atoms with Gasteiger partial charge in [-0.2, -0.15) is 0 Å². The first-order valence-corrected chi connectivity index (χ1v) is 5.90. The van der Waals surface area contributed by atoms with Gasteiger partial charge in [0.05, 0.1) is 0 Å². The fourth-order valence-electron chi connectivity index (χ4n) is 1.91. The maximum absolute atomic E-state index is 10.8. The summed E-state index contributed by atoms with van der Waals surface area (Å²) in [6, 6.07) is 14.6. The average Bonchev–Trinajstić information content (AvgIpc) is 2.35. The first-order chi connectivity index (χ1) is 8.16. The molecule has 17 heavy (non-hydrogen) atoms. The molecule has 2 aromatic carbocycles. The second-order valence-corrected chi connectivity index (χ2v) is 4.49. The van der Waals surface area contributed by atoms with E-state index in [0.717, 1.165) is 12.8 Å². The Morgan fingerprint density at radius 3 is 2.59 bits per heavy atom. The van der Waals surface area contributed by atoms with E-state index >= 15 is 0 Å². The number of benzene rings is 2. The van der Waals surface area contributed by atoms with E-state index in [4.69, 9.17) is 5.73 Å². The molecule has 2 rings (SSSR count). The maximum Gasteiger partial charge on any atom is 0.241 e. The molecule has 1 N–H and O–H groups in total. The average molecular weight is 226 g/mol. The highest BCUT2D eigenvalue weighted by atomic mass is 16.1. The molecule has 0 saturated heterocycles. The number of nitrogens with one attached hydrogen (secondary N) is 1. The standard InChI is InChI=1S/C15H16NO/c1-11(15(16)17)6-7-12-8-9-13-4-2-3-5-14(13)10-12/h2-5,8-11,16H,6-7H2,1H3. The van der Waals surface area contributed by atoms with E-state index in [1.54, 1.807) is 0 Å². The number of aryl methyl sites for hydroxylation is 1. The maximum atomic E-state index is 10.8. The van der Waals surface area contributed by atoms with Crippen molar-refractivity contribution in [2.75, 3.05) is 0 Å². The van der Waals surface area contributed by atoms with Gasteiger partial charge in [-0.1, -0.05) is 49.4 Å². The molecule has 87 valence electrons. The van der Waals surface area contributed by atoms with Crippen molar-refractivity contribution in [3.05, 3.63) is 48.0 Å². The van der Waals surface area contributed by atoms with Crippen LogP contribution < -0.4 is 5.73 Å². The van der Waals surface area contributed by atoms with Gasteiger partial charge in [-0.05, 0) is 29.2 Å². The summed E-state index contributed by atoms with van der Waals surface area (Å²) in [7, 11) is 0. The van der Waals surface area contributed by atoms with Crippen LogP contribution in [0.2, 0.25) is 0 Å². The zero-order valence-electron chi connectivity index (χ0n) is 9.94. The zero-order valence-corrected chi connectivity index (χ0v) is 9.94. The highest BCUT2D eigenvalue weighted by Gasteiger charge is 2.09. The van der Waals surface area contributed by atoms with Crippen LogP contribution >= 0.6 is 0 Å². The Kier molecular flexibility index (Phi) is 3.43. The molecule has 0 spiro atoms. The van der Waals surface area contributed by atoms with Gasteiger partial charge in [-0.25, -0.2) is 0 Å². The van der Waals surface area contributed by atoms with Crippen molar-refractivity contribution < 1.29 is 4.79 Å². The summed E-state index contributed by atoms with van der Waals surface area (Å²) in [5.41, 5.74) is 8.27. The normalized spacial score (nSPS) is 12.5. The third-order valence-electron chi connectivity index (χ3n) is 3.13. The molecular weight excluding hydrogens is 210 g/mol. The topological polar surface area (TPSA) is 40.9 Å². The molecule has 0 aliphatic heterocycles. The minimum Gasteiger partial charge on any atom is -0.273 e. The quantitative estimate of drug-likeness (QED) is 0.789. The van der Waals surface area contributed by atoms with Gasteiger partial charge in [0.25, 0.3) is 0 Å². The predicted molar refractivity (Wildman–Crippen MR) is 69.5 cm³/mol. The van der Waals surface area contributed by atoms with E-state index in [0.29, 0.717) is 0 Å². The van der Waals surface area contributed by atoms with Crippen LogP contribution in [0.25, 0.3) is 10.8 Å². The molecule has 0 aliphatic carbocycles. The fourth-order valence-corrected chi connectivity index (χ4v) is 1.91. The Morgan fingerprint density at radius 2 is 1.88 bits per heavy atom. The summed E-state index contributed by atoms with van der Waals surface area (Å²) < 4.78 is 0. The number of amides is 1. The Bertz CT molecular complexity index is 533. The number of hydrogen-bond donors (Lipinski definition) is 0. The van der Waals surface area contributed by atoms with Crippen molar-refractivity contribution in [1.82, 2.24) is 5.73 Å². The summed E-state index contributed by atoms with van der Waals surface area (Å²) in [4.78, 5) is 10.8. The fraction of sp³-hybridized carbons (Fsp3) is 0.267. The van der Waals surface area contributed by atoms with Crippen LogP contribution in [0.3, 0.4) is 0 Å². The van der Waals surface area contributed by atoms with Crippen LogP contribution in [0.4, 0.5) is 0 Å². The molecule has 0 aromatic heterocycles. The molecule has 0 aliphatic rings. The lowest BCUT2D eigenvalue weighted by molar-refractivity contribution is -0.122. The lowest BCUT2D eigenvalue weighted by Crippen LogP contribution is -2.12. The van der Waals surface area contributed by atoms with Crippen LogP contribution in [-0.2, 0) is 11.2 Å². The molecule has 1 radical (unpaired) electrons. The van der Waals surface area contributed by atoms with Crippen LogP contribution in [0, 0.1) is 5.92 Å². The van der Waals surface area contributed by atoms with Crippen molar-refractivity contribution in [2.24, 2.45) is 5.92 Å². The van der Waals surface area contributed by atoms with Gasteiger partial charge in [0.2, 0.25) is 5.91 Å². The smallest absolute Gasteiger partial charge is 0.241 e. The number of hydrogen-bond acceptors (Lipinski definition) is 1. The van der Waals surface area contributed by atoms with Gasteiger partial charge in [-0.3, -0.25) is 10.5 Å². The number of carbonyl (C=O) groups excluding carboxylic acids is 1. The number of fused-ring (bicyclic) bond motifs is 1. The van der Waals surface area contributed by atoms with E-state index in [-0.39, 0.29) is 5.92 Å². The van der Waals surface area contributed by atoms with E-state index in [1.165, 1.54) is 16.3 Å². The van der Waals surface area contributed by atoms with E-state index in [2.05, 4.69) is 30.3 Å². The van der Waals surface area contributed by atoms with E-state index in [9.17, 15) is 4.79 Å². The zero-order chi connectivity index (χ0) is 12.3. The molecule has 0 saturated carbocycles. The van der Waals surface area contributed by atoms with Crippen LogP contribution in [0.15, 0.2) is 42.5 Å². The highest BCUT2D eigenvalue weighted by molar-refractivity contribution is 5.83. The molecule has 1 unspecified atom stereocenters. The van der Waals surface area contributed by atoms with E-state index < -0.39 is 5.91 Å². The predicted octanol–water partition coefficient (Wildman–Crippen LogP) is 3.22. The lowest BCUT2D eigenvalue weighted by Gasteiger charge is -2.07. The van der Waals surface area contributed by atoms with Gasteiger partial charge in [0, 0.05) is 5.92 Å². The highest BCUT2D eigenvalue weighted by Crippen LogP contribution is 2.17. The Labute approximate surface area is 101 Å². The number of rotatable bonds is 4. The van der Waals surface area contributed by atoms with Crippen molar-refractivity contribution >= 4 is 16.7 Å². The Morgan fingerprint density at radius 1 is 1.18 bits per heavy atom. The van der Waals surface area contributed by atoms with Gasteiger partial charge >= 0.3 is 0 Å². The molecule has 1 atom stereocenters. The first kappa shape index (κ1) is 11.6.